The third-order valence-electron chi connectivity index (χ3n) is 5.94. The van der Waals surface area contributed by atoms with Crippen molar-refractivity contribution in [3.8, 4) is 17.2 Å². The van der Waals surface area contributed by atoms with Crippen molar-refractivity contribution in [2.24, 2.45) is 5.92 Å². The van der Waals surface area contributed by atoms with Crippen LogP contribution in [0.3, 0.4) is 0 Å². The van der Waals surface area contributed by atoms with Crippen molar-refractivity contribution in [3.05, 3.63) is 52.5 Å². The molecule has 1 N–H and O–H groups in total. The number of carbonyl (C=O) groups excluding carboxylic acids is 2. The van der Waals surface area contributed by atoms with Gasteiger partial charge in [-0.3, -0.25) is 9.59 Å². The molecular weight excluding hydrogens is 444 g/mol. The molecule has 0 saturated carbocycles. The highest BCUT2D eigenvalue weighted by molar-refractivity contribution is 6.30. The predicted molar refractivity (Wildman–Crippen MR) is 128 cm³/mol. The number of rotatable bonds is 9. The average Bonchev–Trinajstić information content (AvgIpc) is 2.84. The maximum atomic E-state index is 13.0. The van der Waals surface area contributed by atoms with Gasteiger partial charge >= 0.3 is 0 Å². The molecule has 1 saturated heterocycles. The van der Waals surface area contributed by atoms with Crippen LogP contribution in [0.1, 0.15) is 35.2 Å². The standard InChI is InChI=1S/C25H31ClN2O5/c1-31-21-15-19(16-22(32-2)24(21)33-3)25(30)28-12-9-18(10-13-28)14-23(29)27-11-8-17-4-6-20(26)7-5-17/h4-7,15-16,18H,8-14H2,1-3H3,(H,27,29). The fourth-order valence-corrected chi connectivity index (χ4v) is 4.18. The van der Waals surface area contributed by atoms with Gasteiger partial charge in [-0.1, -0.05) is 23.7 Å². The zero-order chi connectivity index (χ0) is 23.8. The lowest BCUT2D eigenvalue weighted by atomic mass is 9.92. The summed E-state index contributed by atoms with van der Waals surface area (Å²) in [6.07, 6.45) is 2.83. The molecule has 1 fully saturated rings. The van der Waals surface area contributed by atoms with E-state index < -0.39 is 0 Å². The zero-order valence-corrected chi connectivity index (χ0v) is 20.1. The molecule has 0 bridgehead atoms. The van der Waals surface area contributed by atoms with E-state index in [0.29, 0.717) is 53.9 Å². The van der Waals surface area contributed by atoms with Crippen LogP contribution >= 0.6 is 11.6 Å². The van der Waals surface area contributed by atoms with Crippen LogP contribution in [0.5, 0.6) is 17.2 Å². The minimum atomic E-state index is -0.0832. The summed E-state index contributed by atoms with van der Waals surface area (Å²) in [5, 5.41) is 3.70. The van der Waals surface area contributed by atoms with E-state index in [1.807, 2.05) is 29.2 Å². The van der Waals surface area contributed by atoms with Gasteiger partial charge in [-0.2, -0.15) is 0 Å². The molecule has 0 unspecified atom stereocenters. The monoisotopic (exact) mass is 474 g/mol. The van der Waals surface area contributed by atoms with Crippen LogP contribution in [-0.2, 0) is 11.2 Å². The Kier molecular flexibility index (Phi) is 8.83. The maximum absolute atomic E-state index is 13.0. The summed E-state index contributed by atoms with van der Waals surface area (Å²) in [5.41, 5.74) is 1.63. The van der Waals surface area contributed by atoms with E-state index in [-0.39, 0.29) is 17.7 Å². The molecule has 1 heterocycles. The number of nitrogens with zero attached hydrogens (tertiary/aromatic N) is 1. The van der Waals surface area contributed by atoms with E-state index in [0.717, 1.165) is 24.8 Å². The minimum Gasteiger partial charge on any atom is -0.493 e. The topological polar surface area (TPSA) is 77.1 Å². The molecule has 3 rings (SSSR count). The molecular formula is C25H31ClN2O5. The highest BCUT2D eigenvalue weighted by atomic mass is 35.5. The van der Waals surface area contributed by atoms with Crippen LogP contribution in [-0.4, -0.2) is 57.7 Å². The Bertz CT molecular complexity index is 931. The van der Waals surface area contributed by atoms with Gasteiger partial charge < -0.3 is 24.4 Å². The van der Waals surface area contributed by atoms with Crippen molar-refractivity contribution in [2.75, 3.05) is 41.0 Å². The second-order valence-corrected chi connectivity index (χ2v) is 8.52. The molecule has 1 aliphatic rings. The predicted octanol–water partition coefficient (Wildman–Crippen LogP) is 3.97. The van der Waals surface area contributed by atoms with Crippen LogP contribution in [0.15, 0.2) is 36.4 Å². The lowest BCUT2D eigenvalue weighted by molar-refractivity contribution is -0.122. The Morgan fingerprint density at radius 2 is 1.61 bits per heavy atom. The second kappa shape index (κ2) is 11.8. The lowest BCUT2D eigenvalue weighted by Gasteiger charge is -2.32. The number of halogens is 1. The molecule has 0 aromatic heterocycles. The molecule has 0 spiro atoms. The van der Waals surface area contributed by atoms with E-state index in [2.05, 4.69) is 5.32 Å². The summed E-state index contributed by atoms with van der Waals surface area (Å²) in [6, 6.07) is 11.0. The van der Waals surface area contributed by atoms with Crippen LogP contribution in [0, 0.1) is 5.92 Å². The first-order chi connectivity index (χ1) is 15.9. The fraction of sp³-hybridized carbons (Fsp3) is 0.440. The number of nitrogens with one attached hydrogen (secondary N) is 1. The van der Waals surface area contributed by atoms with Crippen molar-refractivity contribution in [1.82, 2.24) is 10.2 Å². The number of likely N-dealkylation sites (tertiary alicyclic amines) is 1. The molecule has 0 radical (unpaired) electrons. The highest BCUT2D eigenvalue weighted by Crippen LogP contribution is 2.38. The van der Waals surface area contributed by atoms with Gasteiger partial charge in [0.1, 0.15) is 0 Å². The number of carbonyl (C=O) groups is 2. The first-order valence-electron chi connectivity index (χ1n) is 11.1. The molecule has 1 aliphatic heterocycles. The van der Waals surface area contributed by atoms with Gasteiger partial charge in [0.15, 0.2) is 11.5 Å². The molecule has 7 nitrogen and oxygen atoms in total. The lowest BCUT2D eigenvalue weighted by Crippen LogP contribution is -2.39. The van der Waals surface area contributed by atoms with Crippen LogP contribution in [0.25, 0.3) is 0 Å². The van der Waals surface area contributed by atoms with Gasteiger partial charge in [0.05, 0.1) is 21.3 Å². The molecule has 2 aromatic rings. The molecule has 0 atom stereocenters. The first kappa shape index (κ1) is 24.7. The van der Waals surface area contributed by atoms with E-state index in [9.17, 15) is 9.59 Å². The zero-order valence-electron chi connectivity index (χ0n) is 19.4. The Hall–Kier alpha value is -2.93. The summed E-state index contributed by atoms with van der Waals surface area (Å²) >= 11 is 5.90. The minimum absolute atomic E-state index is 0.0540. The van der Waals surface area contributed by atoms with Crippen molar-refractivity contribution >= 4 is 23.4 Å². The number of benzene rings is 2. The number of amides is 2. The Labute approximate surface area is 200 Å². The van der Waals surface area contributed by atoms with Crippen molar-refractivity contribution in [3.63, 3.8) is 0 Å². The molecule has 178 valence electrons. The first-order valence-corrected chi connectivity index (χ1v) is 11.4. The second-order valence-electron chi connectivity index (χ2n) is 8.08. The fourth-order valence-electron chi connectivity index (χ4n) is 4.06. The smallest absolute Gasteiger partial charge is 0.254 e. The number of piperidine rings is 1. The quantitative estimate of drug-likeness (QED) is 0.595. The summed E-state index contributed by atoms with van der Waals surface area (Å²) in [6.45, 7) is 1.81. The van der Waals surface area contributed by atoms with Gasteiger partial charge in [-0.05, 0) is 55.0 Å². The van der Waals surface area contributed by atoms with Crippen LogP contribution in [0.2, 0.25) is 5.02 Å². The Morgan fingerprint density at radius 3 is 2.15 bits per heavy atom. The van der Waals surface area contributed by atoms with Gasteiger partial charge in [-0.25, -0.2) is 0 Å². The van der Waals surface area contributed by atoms with Gasteiger partial charge in [-0.15, -0.1) is 0 Å². The van der Waals surface area contributed by atoms with Crippen molar-refractivity contribution in [2.45, 2.75) is 25.7 Å². The average molecular weight is 475 g/mol. The van der Waals surface area contributed by atoms with Gasteiger partial charge in [0.25, 0.3) is 5.91 Å². The molecule has 2 aromatic carbocycles. The Balaban J connectivity index is 1.47. The SMILES string of the molecule is COc1cc(C(=O)N2CCC(CC(=O)NCCc3ccc(Cl)cc3)CC2)cc(OC)c1OC. The highest BCUT2D eigenvalue weighted by Gasteiger charge is 2.26. The largest absolute Gasteiger partial charge is 0.493 e. The number of hydrogen-bond acceptors (Lipinski definition) is 5. The van der Waals surface area contributed by atoms with Gasteiger partial charge in [0.2, 0.25) is 11.7 Å². The van der Waals surface area contributed by atoms with E-state index in [1.165, 1.54) is 21.3 Å². The summed E-state index contributed by atoms with van der Waals surface area (Å²) < 4.78 is 16.0. The Morgan fingerprint density at radius 1 is 1.00 bits per heavy atom. The summed E-state index contributed by atoms with van der Waals surface area (Å²) in [5.74, 6) is 1.59. The van der Waals surface area contributed by atoms with Crippen LogP contribution < -0.4 is 19.5 Å². The van der Waals surface area contributed by atoms with Crippen molar-refractivity contribution < 1.29 is 23.8 Å². The maximum Gasteiger partial charge on any atom is 0.254 e. The van der Waals surface area contributed by atoms with E-state index in [4.69, 9.17) is 25.8 Å². The molecule has 33 heavy (non-hydrogen) atoms. The third kappa shape index (κ3) is 6.54. The number of methoxy groups -OCH3 is 3. The van der Waals surface area contributed by atoms with Crippen LogP contribution in [0.4, 0.5) is 0 Å². The van der Waals surface area contributed by atoms with Crippen molar-refractivity contribution in [1.29, 1.82) is 0 Å². The number of ether oxygens (including phenoxy) is 3. The molecule has 0 aliphatic carbocycles. The normalized spacial score (nSPS) is 14.0. The third-order valence-corrected chi connectivity index (χ3v) is 6.19. The van der Waals surface area contributed by atoms with Gasteiger partial charge in [0, 0.05) is 36.6 Å². The summed E-state index contributed by atoms with van der Waals surface area (Å²) in [7, 11) is 4.58. The van der Waals surface area contributed by atoms with E-state index in [1.54, 1.807) is 12.1 Å². The molecule has 8 heteroatoms. The number of hydrogen-bond donors (Lipinski definition) is 1. The molecule has 2 amide bonds. The van der Waals surface area contributed by atoms with E-state index >= 15 is 0 Å². The summed E-state index contributed by atoms with van der Waals surface area (Å²) in [4.78, 5) is 27.2.